The number of carbonyl (C=O) groups excluding carboxylic acids is 2. The van der Waals surface area contributed by atoms with Gasteiger partial charge in [-0.2, -0.15) is 0 Å². The third kappa shape index (κ3) is 5.61. The lowest BCUT2D eigenvalue weighted by atomic mass is 10.1. The monoisotopic (exact) mass is 382 g/mol. The molecule has 0 radical (unpaired) electrons. The maximum absolute atomic E-state index is 12.3. The summed E-state index contributed by atoms with van der Waals surface area (Å²) in [7, 11) is 3.15. The van der Waals surface area contributed by atoms with Crippen molar-refractivity contribution in [2.24, 2.45) is 0 Å². The Labute approximate surface area is 165 Å². The number of rotatable bonds is 8. The summed E-state index contributed by atoms with van der Waals surface area (Å²) >= 11 is 0. The molecule has 0 atom stereocenters. The van der Waals surface area contributed by atoms with Gasteiger partial charge in [-0.1, -0.05) is 0 Å². The molecular weight excluding hydrogens is 356 g/mol. The topological polar surface area (TPSA) is 67.9 Å². The second-order valence-corrected chi connectivity index (χ2v) is 6.02. The summed E-state index contributed by atoms with van der Waals surface area (Å²) in [4.78, 5) is 26.2. The predicted molar refractivity (Wildman–Crippen MR) is 111 cm³/mol. The van der Waals surface area contributed by atoms with Gasteiger partial charge < -0.3 is 19.7 Å². The summed E-state index contributed by atoms with van der Waals surface area (Å²) in [6.07, 6.45) is 3.11. The van der Waals surface area contributed by atoms with Crippen LogP contribution in [0, 0.1) is 0 Å². The Morgan fingerprint density at radius 3 is 2.04 bits per heavy atom. The number of ether oxygens (including phenoxy) is 2. The number of anilines is 1. The highest BCUT2D eigenvalue weighted by Crippen LogP contribution is 2.23. The Kier molecular flexibility index (Phi) is 7.63. The van der Waals surface area contributed by atoms with E-state index in [2.05, 4.69) is 5.32 Å². The third-order valence-corrected chi connectivity index (χ3v) is 4.25. The number of benzene rings is 2. The number of methoxy groups -OCH3 is 2. The number of hydrogen-bond acceptors (Lipinski definition) is 4. The first kappa shape index (κ1) is 21.0. The summed E-state index contributed by atoms with van der Waals surface area (Å²) in [5.41, 5.74) is 2.00. The zero-order chi connectivity index (χ0) is 20.5. The molecule has 0 bridgehead atoms. The minimum atomic E-state index is -0.274. The van der Waals surface area contributed by atoms with E-state index in [4.69, 9.17) is 9.47 Å². The van der Waals surface area contributed by atoms with Gasteiger partial charge in [-0.25, -0.2) is 0 Å². The summed E-state index contributed by atoms with van der Waals surface area (Å²) in [6.45, 7) is 5.21. The van der Waals surface area contributed by atoms with Crippen molar-refractivity contribution in [1.82, 2.24) is 4.90 Å². The lowest BCUT2D eigenvalue weighted by Gasteiger charge is -2.18. The Bertz CT molecular complexity index is 818. The van der Waals surface area contributed by atoms with Crippen LogP contribution in [0.5, 0.6) is 11.5 Å². The second kappa shape index (κ2) is 10.2. The lowest BCUT2D eigenvalue weighted by molar-refractivity contribution is -0.111. The van der Waals surface area contributed by atoms with E-state index < -0.39 is 0 Å². The van der Waals surface area contributed by atoms with Crippen LogP contribution in [0.25, 0.3) is 6.08 Å². The van der Waals surface area contributed by atoms with Gasteiger partial charge in [0.05, 0.1) is 14.2 Å². The van der Waals surface area contributed by atoms with E-state index in [1.807, 2.05) is 13.8 Å². The van der Waals surface area contributed by atoms with Crippen molar-refractivity contribution in [3.05, 3.63) is 59.7 Å². The molecule has 0 aliphatic rings. The first-order chi connectivity index (χ1) is 13.5. The van der Waals surface area contributed by atoms with Gasteiger partial charge in [0, 0.05) is 36.5 Å². The van der Waals surface area contributed by atoms with Gasteiger partial charge in [0.1, 0.15) is 11.5 Å². The molecule has 6 nitrogen and oxygen atoms in total. The van der Waals surface area contributed by atoms with Crippen LogP contribution in [0.2, 0.25) is 0 Å². The zero-order valence-electron chi connectivity index (χ0n) is 16.7. The molecule has 6 heteroatoms. The molecule has 28 heavy (non-hydrogen) atoms. The van der Waals surface area contributed by atoms with Crippen LogP contribution < -0.4 is 14.8 Å². The molecule has 148 valence electrons. The number of nitrogens with zero attached hydrogens (tertiary/aromatic N) is 1. The number of nitrogens with one attached hydrogen (secondary N) is 1. The standard InChI is InChI=1S/C22H26N2O4/c1-5-24(6-2)22(26)17-8-10-18(11-9-17)23-21(25)12-7-16-13-19(27-3)15-20(14-16)28-4/h7-15H,5-6H2,1-4H3,(H,23,25)/b12-7+. The highest BCUT2D eigenvalue weighted by molar-refractivity contribution is 6.02. The van der Waals surface area contributed by atoms with Crippen molar-refractivity contribution in [2.75, 3.05) is 32.6 Å². The van der Waals surface area contributed by atoms with Crippen molar-refractivity contribution in [3.8, 4) is 11.5 Å². The summed E-state index contributed by atoms with van der Waals surface area (Å²) in [6, 6.07) is 12.2. The Morgan fingerprint density at radius 1 is 0.964 bits per heavy atom. The minimum Gasteiger partial charge on any atom is -0.497 e. The van der Waals surface area contributed by atoms with E-state index in [-0.39, 0.29) is 11.8 Å². The molecule has 0 fully saturated rings. The van der Waals surface area contributed by atoms with Crippen molar-refractivity contribution in [2.45, 2.75) is 13.8 Å². The molecular formula is C22H26N2O4. The molecule has 0 unspecified atom stereocenters. The molecule has 2 aromatic rings. The quantitative estimate of drug-likeness (QED) is 0.705. The van der Waals surface area contributed by atoms with Crippen LogP contribution in [0.15, 0.2) is 48.5 Å². The molecule has 0 aliphatic carbocycles. The van der Waals surface area contributed by atoms with E-state index >= 15 is 0 Å². The van der Waals surface area contributed by atoms with E-state index in [0.717, 1.165) is 5.56 Å². The molecule has 0 heterocycles. The molecule has 1 N–H and O–H groups in total. The highest BCUT2D eigenvalue weighted by Gasteiger charge is 2.12. The van der Waals surface area contributed by atoms with E-state index in [1.54, 1.807) is 67.7 Å². The van der Waals surface area contributed by atoms with Crippen LogP contribution in [0.3, 0.4) is 0 Å². The van der Waals surface area contributed by atoms with Crippen molar-refractivity contribution in [3.63, 3.8) is 0 Å². The summed E-state index contributed by atoms with van der Waals surface area (Å²) < 4.78 is 10.4. The fourth-order valence-electron chi connectivity index (χ4n) is 2.67. The van der Waals surface area contributed by atoms with Crippen LogP contribution in [-0.2, 0) is 4.79 Å². The van der Waals surface area contributed by atoms with Crippen LogP contribution in [-0.4, -0.2) is 44.0 Å². The SMILES string of the molecule is CCN(CC)C(=O)c1ccc(NC(=O)/C=C/c2cc(OC)cc(OC)c2)cc1. The molecule has 0 saturated carbocycles. The molecule has 2 aromatic carbocycles. The second-order valence-electron chi connectivity index (χ2n) is 6.02. The van der Waals surface area contributed by atoms with Gasteiger partial charge in [0.2, 0.25) is 5.91 Å². The molecule has 2 rings (SSSR count). The van der Waals surface area contributed by atoms with Gasteiger partial charge in [0.15, 0.2) is 0 Å². The van der Waals surface area contributed by atoms with E-state index in [1.165, 1.54) is 6.08 Å². The summed E-state index contributed by atoms with van der Waals surface area (Å²) in [5, 5.41) is 2.78. The van der Waals surface area contributed by atoms with Crippen molar-refractivity contribution < 1.29 is 19.1 Å². The minimum absolute atomic E-state index is 0.0188. The van der Waals surface area contributed by atoms with E-state index in [9.17, 15) is 9.59 Å². The third-order valence-electron chi connectivity index (χ3n) is 4.25. The smallest absolute Gasteiger partial charge is 0.253 e. The first-order valence-corrected chi connectivity index (χ1v) is 9.12. The van der Waals surface area contributed by atoms with Crippen LogP contribution in [0.4, 0.5) is 5.69 Å². The Hall–Kier alpha value is -3.28. The fourth-order valence-corrected chi connectivity index (χ4v) is 2.67. The highest BCUT2D eigenvalue weighted by atomic mass is 16.5. The van der Waals surface area contributed by atoms with Crippen LogP contribution >= 0.6 is 0 Å². The predicted octanol–water partition coefficient (Wildman–Crippen LogP) is 3.84. The van der Waals surface area contributed by atoms with Gasteiger partial charge in [-0.3, -0.25) is 9.59 Å². The maximum atomic E-state index is 12.3. The van der Waals surface area contributed by atoms with Crippen LogP contribution in [0.1, 0.15) is 29.8 Å². The van der Waals surface area contributed by atoms with Gasteiger partial charge >= 0.3 is 0 Å². The first-order valence-electron chi connectivity index (χ1n) is 9.12. The van der Waals surface area contributed by atoms with Gasteiger partial charge in [-0.15, -0.1) is 0 Å². The molecule has 0 saturated heterocycles. The fraction of sp³-hybridized carbons (Fsp3) is 0.273. The zero-order valence-corrected chi connectivity index (χ0v) is 16.7. The van der Waals surface area contributed by atoms with E-state index in [0.29, 0.717) is 35.8 Å². The normalized spacial score (nSPS) is 10.6. The number of hydrogen-bond donors (Lipinski definition) is 1. The van der Waals surface area contributed by atoms with Crippen molar-refractivity contribution in [1.29, 1.82) is 0 Å². The molecule has 0 aromatic heterocycles. The number of carbonyl (C=O) groups is 2. The molecule has 2 amide bonds. The average molecular weight is 382 g/mol. The largest absolute Gasteiger partial charge is 0.497 e. The lowest BCUT2D eigenvalue weighted by Crippen LogP contribution is -2.30. The molecule has 0 aliphatic heterocycles. The maximum Gasteiger partial charge on any atom is 0.253 e. The van der Waals surface area contributed by atoms with Gasteiger partial charge in [-0.05, 0) is 61.9 Å². The molecule has 0 spiro atoms. The average Bonchev–Trinajstić information content (AvgIpc) is 2.73. The van der Waals surface area contributed by atoms with Crippen molar-refractivity contribution >= 4 is 23.6 Å². The summed E-state index contributed by atoms with van der Waals surface area (Å²) in [5.74, 6) is 1.00. The Balaban J connectivity index is 2.03. The Morgan fingerprint density at radius 2 is 1.54 bits per heavy atom. The number of amides is 2. The van der Waals surface area contributed by atoms with Gasteiger partial charge in [0.25, 0.3) is 5.91 Å².